The lowest BCUT2D eigenvalue weighted by atomic mass is 9.96. The van der Waals surface area contributed by atoms with Crippen molar-refractivity contribution in [2.24, 2.45) is 0 Å². The van der Waals surface area contributed by atoms with E-state index in [1.807, 2.05) is 67.6 Å². The average Bonchev–Trinajstić information content (AvgIpc) is 3.42. The minimum Gasteiger partial charge on any atom is -0.359 e. The number of nitrogens with zero attached hydrogens (tertiary/aromatic N) is 1. The predicted molar refractivity (Wildman–Crippen MR) is 98.6 cm³/mol. The van der Waals surface area contributed by atoms with Gasteiger partial charge in [0, 0.05) is 14.2 Å². The molecule has 0 bridgehead atoms. The van der Waals surface area contributed by atoms with Crippen LogP contribution in [0.1, 0.15) is 24.1 Å². The minimum absolute atomic E-state index is 0.0469. The van der Waals surface area contributed by atoms with Gasteiger partial charge in [-0.2, -0.15) is 0 Å². The van der Waals surface area contributed by atoms with Crippen molar-refractivity contribution in [1.29, 1.82) is 0 Å². The number of benzene rings is 2. The summed E-state index contributed by atoms with van der Waals surface area (Å²) in [6.07, 6.45) is -0.969. The first-order valence-electron chi connectivity index (χ1n) is 8.77. The van der Waals surface area contributed by atoms with E-state index >= 15 is 0 Å². The Hall–Kier alpha value is -2.21. The molecule has 0 spiro atoms. The van der Waals surface area contributed by atoms with Crippen LogP contribution in [0.2, 0.25) is 0 Å². The number of carbonyl (C=O) groups excluding carboxylic acids is 1. The molecule has 5 heteroatoms. The summed E-state index contributed by atoms with van der Waals surface area (Å²) in [7, 11) is 3.15. The van der Waals surface area contributed by atoms with Crippen LogP contribution in [0.5, 0.6) is 0 Å². The quantitative estimate of drug-likeness (QED) is 0.540. The van der Waals surface area contributed by atoms with Crippen LogP contribution in [0, 0.1) is 0 Å². The van der Waals surface area contributed by atoms with Gasteiger partial charge in [0.15, 0.2) is 12.4 Å². The first kappa shape index (κ1) is 18.6. The highest BCUT2D eigenvalue weighted by Gasteiger charge is 2.46. The van der Waals surface area contributed by atoms with Gasteiger partial charge in [-0.05, 0) is 18.1 Å². The van der Waals surface area contributed by atoms with Crippen molar-refractivity contribution in [1.82, 2.24) is 4.90 Å². The summed E-state index contributed by atoms with van der Waals surface area (Å²) >= 11 is 0. The minimum atomic E-state index is -0.511. The van der Waals surface area contributed by atoms with E-state index in [9.17, 15) is 4.79 Å². The highest BCUT2D eigenvalue weighted by Crippen LogP contribution is 2.33. The Morgan fingerprint density at radius 1 is 1.00 bits per heavy atom. The lowest BCUT2D eigenvalue weighted by molar-refractivity contribution is -0.149. The van der Waals surface area contributed by atoms with Crippen LogP contribution in [0.15, 0.2) is 60.7 Å². The standard InChI is InChI=1S/C21H25NO4/c1-15-20(26-15)21(23)22(14-18(24-2)25-3)19(16-10-6-4-7-11-16)17-12-8-5-9-13-17/h4-13,15,18-20H,14H2,1-3H3/t15-,20-/m1/s1. The smallest absolute Gasteiger partial charge is 0.255 e. The van der Waals surface area contributed by atoms with Crippen LogP contribution in [-0.2, 0) is 19.0 Å². The Balaban J connectivity index is 2.01. The molecular weight excluding hydrogens is 330 g/mol. The van der Waals surface area contributed by atoms with Crippen molar-refractivity contribution in [3.63, 3.8) is 0 Å². The van der Waals surface area contributed by atoms with E-state index in [0.717, 1.165) is 11.1 Å². The molecule has 2 atom stereocenters. The second-order valence-electron chi connectivity index (χ2n) is 6.38. The molecule has 1 aliphatic heterocycles. The van der Waals surface area contributed by atoms with E-state index in [2.05, 4.69) is 0 Å². The van der Waals surface area contributed by atoms with Gasteiger partial charge in [0.05, 0.1) is 18.7 Å². The number of ether oxygens (including phenoxy) is 3. The van der Waals surface area contributed by atoms with Crippen LogP contribution in [0.25, 0.3) is 0 Å². The molecule has 0 unspecified atom stereocenters. The van der Waals surface area contributed by atoms with Crippen LogP contribution in [-0.4, -0.2) is 50.1 Å². The number of epoxide rings is 1. The maximum atomic E-state index is 13.2. The second-order valence-corrected chi connectivity index (χ2v) is 6.38. The van der Waals surface area contributed by atoms with E-state index in [0.29, 0.717) is 6.54 Å². The molecule has 0 aromatic heterocycles. The van der Waals surface area contributed by atoms with Crippen molar-refractivity contribution < 1.29 is 19.0 Å². The van der Waals surface area contributed by atoms with E-state index in [1.54, 1.807) is 19.1 Å². The van der Waals surface area contributed by atoms with Gasteiger partial charge in [0.2, 0.25) is 0 Å². The summed E-state index contributed by atoms with van der Waals surface area (Å²) in [5.74, 6) is -0.0469. The molecule has 26 heavy (non-hydrogen) atoms. The Morgan fingerprint density at radius 3 is 1.85 bits per heavy atom. The molecule has 2 aromatic rings. The maximum Gasteiger partial charge on any atom is 0.255 e. The topological polar surface area (TPSA) is 51.3 Å². The van der Waals surface area contributed by atoms with Gasteiger partial charge < -0.3 is 19.1 Å². The summed E-state index contributed by atoms with van der Waals surface area (Å²) < 4.78 is 16.2. The summed E-state index contributed by atoms with van der Waals surface area (Å²) in [6.45, 7) is 2.22. The summed E-state index contributed by atoms with van der Waals surface area (Å²) in [6, 6.07) is 19.7. The third kappa shape index (κ3) is 4.12. The van der Waals surface area contributed by atoms with E-state index in [1.165, 1.54) is 0 Å². The van der Waals surface area contributed by atoms with Gasteiger partial charge in [-0.3, -0.25) is 4.79 Å². The highest BCUT2D eigenvalue weighted by molar-refractivity contribution is 5.84. The van der Waals surface area contributed by atoms with Crippen LogP contribution >= 0.6 is 0 Å². The van der Waals surface area contributed by atoms with Gasteiger partial charge in [0.25, 0.3) is 5.91 Å². The van der Waals surface area contributed by atoms with Crippen molar-refractivity contribution >= 4 is 5.91 Å². The summed E-state index contributed by atoms with van der Waals surface area (Å²) in [4.78, 5) is 15.0. The van der Waals surface area contributed by atoms with Gasteiger partial charge >= 0.3 is 0 Å². The van der Waals surface area contributed by atoms with E-state index in [4.69, 9.17) is 14.2 Å². The monoisotopic (exact) mass is 355 g/mol. The van der Waals surface area contributed by atoms with Crippen LogP contribution in [0.3, 0.4) is 0 Å². The molecule has 0 radical (unpaired) electrons. The van der Waals surface area contributed by atoms with Gasteiger partial charge in [0.1, 0.15) is 0 Å². The number of hydrogen-bond donors (Lipinski definition) is 0. The fourth-order valence-electron chi connectivity index (χ4n) is 3.16. The van der Waals surface area contributed by atoms with Crippen molar-refractivity contribution in [2.75, 3.05) is 20.8 Å². The fraction of sp³-hybridized carbons (Fsp3) is 0.381. The van der Waals surface area contributed by atoms with Crippen molar-refractivity contribution in [2.45, 2.75) is 31.5 Å². The Morgan fingerprint density at radius 2 is 1.46 bits per heavy atom. The normalized spacial score (nSPS) is 19.0. The summed E-state index contributed by atoms with van der Waals surface area (Å²) in [5, 5.41) is 0. The maximum absolute atomic E-state index is 13.2. The molecule has 0 saturated carbocycles. The highest BCUT2D eigenvalue weighted by atomic mass is 16.7. The van der Waals surface area contributed by atoms with Crippen molar-refractivity contribution in [3.05, 3.63) is 71.8 Å². The van der Waals surface area contributed by atoms with Gasteiger partial charge in [-0.25, -0.2) is 0 Å². The number of amides is 1. The van der Waals surface area contributed by atoms with Crippen LogP contribution < -0.4 is 0 Å². The average molecular weight is 355 g/mol. The van der Waals surface area contributed by atoms with Gasteiger partial charge in [-0.15, -0.1) is 0 Å². The molecule has 1 aliphatic rings. The number of methoxy groups -OCH3 is 2. The molecule has 1 fully saturated rings. The van der Waals surface area contributed by atoms with E-state index < -0.39 is 12.4 Å². The number of carbonyl (C=O) groups is 1. The zero-order valence-corrected chi connectivity index (χ0v) is 15.4. The lowest BCUT2D eigenvalue weighted by Crippen LogP contribution is -2.44. The molecule has 0 N–H and O–H groups in total. The Kier molecular flexibility index (Phi) is 6.04. The lowest BCUT2D eigenvalue weighted by Gasteiger charge is -2.34. The van der Waals surface area contributed by atoms with Crippen LogP contribution in [0.4, 0.5) is 0 Å². The molecule has 1 heterocycles. The second kappa shape index (κ2) is 8.45. The molecule has 1 saturated heterocycles. The Bertz CT molecular complexity index is 663. The first-order chi connectivity index (χ1) is 12.7. The zero-order chi connectivity index (χ0) is 18.5. The zero-order valence-electron chi connectivity index (χ0n) is 15.4. The largest absolute Gasteiger partial charge is 0.359 e. The van der Waals surface area contributed by atoms with Gasteiger partial charge in [-0.1, -0.05) is 60.7 Å². The molecule has 2 aromatic carbocycles. The molecule has 3 rings (SSSR count). The SMILES string of the molecule is COC(CN(C(=O)[C@@H]1O[C@@H]1C)C(c1ccccc1)c1ccccc1)OC. The van der Waals surface area contributed by atoms with Crippen molar-refractivity contribution in [3.8, 4) is 0 Å². The predicted octanol–water partition coefficient (Wildman–Crippen LogP) is 3.01. The molecular formula is C21H25NO4. The molecule has 0 aliphatic carbocycles. The number of hydrogen-bond acceptors (Lipinski definition) is 4. The fourth-order valence-corrected chi connectivity index (χ4v) is 3.16. The van der Waals surface area contributed by atoms with E-state index in [-0.39, 0.29) is 18.1 Å². The number of rotatable bonds is 8. The molecule has 1 amide bonds. The third-order valence-electron chi connectivity index (χ3n) is 4.65. The molecule has 5 nitrogen and oxygen atoms in total. The Labute approximate surface area is 154 Å². The third-order valence-corrected chi connectivity index (χ3v) is 4.65. The summed E-state index contributed by atoms with van der Waals surface area (Å²) in [5.41, 5.74) is 2.07. The first-order valence-corrected chi connectivity index (χ1v) is 8.77. The molecule has 138 valence electrons.